The molecule has 0 aromatic carbocycles. The van der Waals surface area contributed by atoms with Crippen LogP contribution in [0.15, 0.2) is 0 Å². The topological polar surface area (TPSA) is 73.3 Å². The van der Waals surface area contributed by atoms with Gasteiger partial charge in [-0.3, -0.25) is 4.79 Å². The van der Waals surface area contributed by atoms with Gasteiger partial charge in [-0.1, -0.05) is 0 Å². The largest absolute Gasteiger partial charge is 0.464 e. The average molecular weight is 279 g/mol. The van der Waals surface area contributed by atoms with Crippen molar-refractivity contribution in [3.63, 3.8) is 0 Å². The summed E-state index contributed by atoms with van der Waals surface area (Å²) in [6.45, 7) is 7.39. The summed E-state index contributed by atoms with van der Waals surface area (Å²) < 4.78 is 10.6. The minimum atomic E-state index is 0.00844. The van der Waals surface area contributed by atoms with Crippen molar-refractivity contribution >= 4 is 11.6 Å². The van der Waals surface area contributed by atoms with Gasteiger partial charge in [-0.15, -0.1) is 0 Å². The molecule has 1 aliphatic rings. The highest BCUT2D eigenvalue weighted by Gasteiger charge is 2.23. The molecule has 1 amide bonds. The molecule has 0 spiro atoms. The summed E-state index contributed by atoms with van der Waals surface area (Å²) in [5.74, 6) is 0.0291. The third kappa shape index (κ3) is 3.45. The third-order valence-electron chi connectivity index (χ3n) is 3.36. The summed E-state index contributed by atoms with van der Waals surface area (Å²) in [5.41, 5.74) is 2.13. The Kier molecular flexibility index (Phi) is 4.89. The van der Waals surface area contributed by atoms with Crippen LogP contribution in [0.2, 0.25) is 0 Å². The number of hydrogen-bond donors (Lipinski definition) is 1. The molecule has 6 heteroatoms. The van der Waals surface area contributed by atoms with Crippen LogP contribution in [-0.4, -0.2) is 35.7 Å². The summed E-state index contributed by atoms with van der Waals surface area (Å²) in [5, 5.41) is 2.94. The fourth-order valence-corrected chi connectivity index (χ4v) is 2.25. The summed E-state index contributed by atoms with van der Waals surface area (Å²) >= 11 is 0. The highest BCUT2D eigenvalue weighted by molar-refractivity contribution is 5.93. The second kappa shape index (κ2) is 6.65. The number of carbonyl (C=O) groups is 1. The summed E-state index contributed by atoms with van der Waals surface area (Å²) in [6.07, 6.45) is 1.53. The van der Waals surface area contributed by atoms with Crippen molar-refractivity contribution < 1.29 is 14.3 Å². The van der Waals surface area contributed by atoms with Gasteiger partial charge in [0, 0.05) is 19.1 Å². The Morgan fingerprint density at radius 1 is 1.30 bits per heavy atom. The first kappa shape index (κ1) is 14.7. The lowest BCUT2D eigenvalue weighted by molar-refractivity contribution is -0.122. The molecule has 1 fully saturated rings. The molecule has 0 unspecified atom stereocenters. The maximum atomic E-state index is 12.2. The van der Waals surface area contributed by atoms with E-state index < -0.39 is 0 Å². The Morgan fingerprint density at radius 2 is 1.90 bits per heavy atom. The van der Waals surface area contributed by atoms with E-state index in [1.807, 2.05) is 20.8 Å². The highest BCUT2D eigenvalue weighted by Crippen LogP contribution is 2.22. The van der Waals surface area contributed by atoms with Gasteiger partial charge >= 0.3 is 6.01 Å². The molecule has 6 nitrogen and oxygen atoms in total. The van der Waals surface area contributed by atoms with Crippen molar-refractivity contribution in [1.29, 1.82) is 0 Å². The van der Waals surface area contributed by atoms with Crippen LogP contribution in [0, 0.1) is 19.8 Å². The first-order valence-corrected chi connectivity index (χ1v) is 6.98. The number of nitrogens with zero attached hydrogens (tertiary/aromatic N) is 2. The number of carbonyl (C=O) groups excluding carboxylic acids is 1. The van der Waals surface area contributed by atoms with Gasteiger partial charge in [-0.25, -0.2) is 0 Å². The van der Waals surface area contributed by atoms with Gasteiger partial charge < -0.3 is 14.8 Å². The molecule has 0 radical (unpaired) electrons. The SMILES string of the molecule is CCOc1nc(C)c(NC(=O)C2CCOCC2)c(C)n1. The number of aryl methyl sites for hydroxylation is 2. The number of anilines is 1. The average Bonchev–Trinajstić information content (AvgIpc) is 2.44. The number of ether oxygens (including phenoxy) is 2. The van der Waals surface area contributed by atoms with E-state index in [0.717, 1.165) is 24.2 Å². The minimum absolute atomic E-state index is 0.00844. The van der Waals surface area contributed by atoms with Crippen molar-refractivity contribution in [3.05, 3.63) is 11.4 Å². The quantitative estimate of drug-likeness (QED) is 0.910. The lowest BCUT2D eigenvalue weighted by atomic mass is 9.99. The number of nitrogens with one attached hydrogen (secondary N) is 1. The van der Waals surface area contributed by atoms with Crippen LogP contribution < -0.4 is 10.1 Å². The third-order valence-corrected chi connectivity index (χ3v) is 3.36. The molecule has 0 atom stereocenters. The van der Waals surface area contributed by atoms with Gasteiger partial charge in [0.15, 0.2) is 0 Å². The molecule has 0 bridgehead atoms. The van der Waals surface area contributed by atoms with E-state index in [0.29, 0.717) is 31.5 Å². The van der Waals surface area contributed by atoms with Crippen LogP contribution >= 0.6 is 0 Å². The van der Waals surface area contributed by atoms with Gasteiger partial charge in [-0.2, -0.15) is 9.97 Å². The molecule has 1 aromatic heterocycles. The number of rotatable bonds is 4. The standard InChI is InChI=1S/C14H21N3O3/c1-4-20-14-15-9(2)12(10(3)16-14)17-13(18)11-5-7-19-8-6-11/h11H,4-8H2,1-3H3,(H,17,18). The molecule has 0 aliphatic carbocycles. The smallest absolute Gasteiger partial charge is 0.316 e. The Balaban J connectivity index is 2.10. The monoisotopic (exact) mass is 279 g/mol. The van der Waals surface area contributed by atoms with Gasteiger partial charge in [0.1, 0.15) is 0 Å². The molecular formula is C14H21N3O3. The van der Waals surface area contributed by atoms with Crippen molar-refractivity contribution in [2.24, 2.45) is 5.92 Å². The van der Waals surface area contributed by atoms with E-state index in [2.05, 4.69) is 15.3 Å². The van der Waals surface area contributed by atoms with Crippen LogP contribution in [0.1, 0.15) is 31.2 Å². The van der Waals surface area contributed by atoms with E-state index in [9.17, 15) is 4.79 Å². The number of hydrogen-bond acceptors (Lipinski definition) is 5. The van der Waals surface area contributed by atoms with Crippen LogP contribution in [0.25, 0.3) is 0 Å². The van der Waals surface area contributed by atoms with Gasteiger partial charge in [0.25, 0.3) is 0 Å². The molecule has 1 saturated heterocycles. The van der Waals surface area contributed by atoms with E-state index in [4.69, 9.17) is 9.47 Å². The van der Waals surface area contributed by atoms with Crippen molar-refractivity contribution in [3.8, 4) is 6.01 Å². The minimum Gasteiger partial charge on any atom is -0.464 e. The summed E-state index contributed by atoms with van der Waals surface area (Å²) in [4.78, 5) is 20.7. The van der Waals surface area contributed by atoms with Crippen LogP contribution in [0.3, 0.4) is 0 Å². The van der Waals surface area contributed by atoms with Crippen molar-refractivity contribution in [2.45, 2.75) is 33.6 Å². The fraction of sp³-hybridized carbons (Fsp3) is 0.643. The maximum absolute atomic E-state index is 12.2. The van der Waals surface area contributed by atoms with Gasteiger partial charge in [-0.05, 0) is 33.6 Å². The zero-order valence-electron chi connectivity index (χ0n) is 12.2. The second-order valence-corrected chi connectivity index (χ2v) is 4.86. The van der Waals surface area contributed by atoms with Crippen molar-refractivity contribution in [1.82, 2.24) is 9.97 Å². The Labute approximate surface area is 118 Å². The summed E-state index contributed by atoms with van der Waals surface area (Å²) in [7, 11) is 0. The van der Waals surface area contributed by atoms with E-state index in [-0.39, 0.29) is 11.8 Å². The predicted octanol–water partition coefficient (Wildman–Crippen LogP) is 1.86. The Morgan fingerprint density at radius 3 is 2.45 bits per heavy atom. The molecule has 0 saturated carbocycles. The van der Waals surface area contributed by atoms with Gasteiger partial charge in [0.05, 0.1) is 23.7 Å². The predicted molar refractivity (Wildman–Crippen MR) is 74.8 cm³/mol. The second-order valence-electron chi connectivity index (χ2n) is 4.86. The zero-order chi connectivity index (χ0) is 14.5. The molecule has 110 valence electrons. The summed E-state index contributed by atoms with van der Waals surface area (Å²) in [6, 6.07) is 0.353. The van der Waals surface area contributed by atoms with E-state index in [1.165, 1.54) is 0 Å². The van der Waals surface area contributed by atoms with Crippen LogP contribution in [0.4, 0.5) is 5.69 Å². The van der Waals surface area contributed by atoms with Gasteiger partial charge in [0.2, 0.25) is 5.91 Å². The first-order valence-electron chi connectivity index (χ1n) is 6.98. The zero-order valence-corrected chi connectivity index (χ0v) is 12.2. The number of amides is 1. The normalized spacial score (nSPS) is 15.9. The highest BCUT2D eigenvalue weighted by atomic mass is 16.5. The maximum Gasteiger partial charge on any atom is 0.316 e. The Bertz CT molecular complexity index is 462. The van der Waals surface area contributed by atoms with Crippen LogP contribution in [-0.2, 0) is 9.53 Å². The van der Waals surface area contributed by atoms with Crippen molar-refractivity contribution in [2.75, 3.05) is 25.1 Å². The van der Waals surface area contributed by atoms with E-state index in [1.54, 1.807) is 0 Å². The first-order chi connectivity index (χ1) is 9.61. The van der Waals surface area contributed by atoms with Crippen LogP contribution in [0.5, 0.6) is 6.01 Å². The molecule has 2 heterocycles. The Hall–Kier alpha value is -1.69. The molecule has 20 heavy (non-hydrogen) atoms. The van der Waals surface area contributed by atoms with E-state index >= 15 is 0 Å². The molecule has 2 rings (SSSR count). The lowest BCUT2D eigenvalue weighted by Gasteiger charge is -2.22. The molecule has 1 aromatic rings. The number of aromatic nitrogens is 2. The molecular weight excluding hydrogens is 258 g/mol. The molecule has 1 N–H and O–H groups in total. The lowest BCUT2D eigenvalue weighted by Crippen LogP contribution is -2.29. The fourth-order valence-electron chi connectivity index (χ4n) is 2.25. The molecule has 1 aliphatic heterocycles.